The summed E-state index contributed by atoms with van der Waals surface area (Å²) >= 11 is 4.36. The minimum atomic E-state index is -2.27. The van der Waals surface area contributed by atoms with Crippen molar-refractivity contribution in [1.29, 1.82) is 0 Å². The Labute approximate surface area is 438 Å². The number of phenols is 1. The van der Waals surface area contributed by atoms with Gasteiger partial charge in [0.2, 0.25) is 41.4 Å². The number of rotatable bonds is 20. The van der Waals surface area contributed by atoms with Crippen molar-refractivity contribution in [2.75, 3.05) is 19.6 Å². The van der Waals surface area contributed by atoms with Crippen LogP contribution in [0.25, 0.3) is 0 Å². The van der Waals surface area contributed by atoms with Crippen LogP contribution in [0.3, 0.4) is 0 Å². The number of unbranched alkanes of at least 4 members (excludes halogenated alkanes) is 5. The summed E-state index contributed by atoms with van der Waals surface area (Å²) in [5, 5.41) is 98.9. The zero-order valence-corrected chi connectivity index (χ0v) is 43.8. The number of nitrogens with zero attached hydrogens (tertiary/aromatic N) is 2. The Hall–Kier alpha value is -4.66. The lowest BCUT2D eigenvalue weighted by Gasteiger charge is -2.34. The van der Waals surface area contributed by atoms with Crippen LogP contribution in [0.1, 0.15) is 129 Å². The normalized spacial score (nSPS) is 29.3. The van der Waals surface area contributed by atoms with Gasteiger partial charge in [-0.3, -0.25) is 33.6 Å². The lowest BCUT2D eigenvalue weighted by Crippen LogP contribution is -2.64. The minimum absolute atomic E-state index is 0.0164. The van der Waals surface area contributed by atoms with Gasteiger partial charge in [-0.25, -0.2) is 0 Å². The Morgan fingerprint density at radius 3 is 1.99 bits per heavy atom. The van der Waals surface area contributed by atoms with Crippen LogP contribution in [0.15, 0.2) is 24.3 Å². The van der Waals surface area contributed by atoms with Crippen molar-refractivity contribution in [3.05, 3.63) is 29.8 Å². The zero-order chi connectivity index (χ0) is 55.0. The van der Waals surface area contributed by atoms with Crippen LogP contribution < -0.4 is 32.3 Å². The van der Waals surface area contributed by atoms with Gasteiger partial charge in [0.05, 0.1) is 35.9 Å². The molecule has 3 saturated heterocycles. The van der Waals surface area contributed by atoms with Crippen LogP contribution in [0.5, 0.6) is 5.75 Å². The van der Waals surface area contributed by atoms with Gasteiger partial charge in [0.15, 0.2) is 0 Å². The Morgan fingerprint density at radius 1 is 0.743 bits per heavy atom. The number of thiol groups is 1. The second-order valence-corrected chi connectivity index (χ2v) is 21.0. The summed E-state index contributed by atoms with van der Waals surface area (Å²) in [6.45, 7) is 6.83. The van der Waals surface area contributed by atoms with Gasteiger partial charge in [0.1, 0.15) is 54.2 Å². The molecule has 0 bridgehead atoms. The first kappa shape index (κ1) is 61.9. The smallest absolute Gasteiger partial charge is 0.248 e. The predicted molar refractivity (Wildman–Crippen MR) is 272 cm³/mol. The van der Waals surface area contributed by atoms with E-state index in [1.165, 1.54) is 30.7 Å². The van der Waals surface area contributed by atoms with Crippen molar-refractivity contribution in [3.63, 3.8) is 0 Å². The number of benzene rings is 1. The first-order valence-corrected chi connectivity index (χ1v) is 26.6. The number of phenolic OH excluding ortho intramolecular Hbond substituents is 1. The molecule has 15 N–H and O–H groups in total. The number of nitrogens with two attached hydrogens (primary N) is 1. The van der Waals surface area contributed by atoms with E-state index in [0.29, 0.717) is 18.3 Å². The summed E-state index contributed by atoms with van der Waals surface area (Å²) in [6.07, 6.45) is -5.28. The highest BCUT2D eigenvalue weighted by atomic mass is 32.1. The van der Waals surface area contributed by atoms with Crippen LogP contribution in [0.2, 0.25) is 0 Å². The molecule has 3 fully saturated rings. The molecule has 3 heterocycles. The van der Waals surface area contributed by atoms with Crippen molar-refractivity contribution in [2.45, 2.75) is 202 Å². The van der Waals surface area contributed by atoms with E-state index in [9.17, 15) is 74.4 Å². The van der Waals surface area contributed by atoms with E-state index in [1.807, 2.05) is 0 Å². The maximum atomic E-state index is 14.4. The third kappa shape index (κ3) is 17.4. The summed E-state index contributed by atoms with van der Waals surface area (Å²) in [5.41, 5.74) is 5.66. The van der Waals surface area contributed by atoms with Gasteiger partial charge in [-0.15, -0.1) is 0 Å². The maximum absolute atomic E-state index is 14.4. The number of fused-ring (bicyclic) bond motifs is 2. The zero-order valence-electron chi connectivity index (χ0n) is 42.9. The summed E-state index contributed by atoms with van der Waals surface area (Å²) in [4.78, 5) is 101. The van der Waals surface area contributed by atoms with Crippen molar-refractivity contribution in [2.24, 2.45) is 17.6 Å². The first-order valence-electron chi connectivity index (χ1n) is 26.0. The minimum Gasteiger partial charge on any atom is -0.508 e. The number of hydrogen-bond acceptors (Lipinski definition) is 17. The Balaban J connectivity index is 1.68. The molecule has 1 aromatic carbocycles. The van der Waals surface area contributed by atoms with Crippen molar-refractivity contribution in [1.82, 2.24) is 36.4 Å². The number of aliphatic hydroxyl groups is 7. The molecule has 3 aliphatic heterocycles. The Bertz CT molecular complexity index is 2020. The molecule has 4 rings (SSSR count). The predicted octanol–water partition coefficient (Wildman–Crippen LogP) is -1.93. The molecule has 74 heavy (non-hydrogen) atoms. The van der Waals surface area contributed by atoms with Crippen LogP contribution in [0, 0.1) is 11.8 Å². The summed E-state index contributed by atoms with van der Waals surface area (Å²) in [6, 6.07) is -6.31. The van der Waals surface area contributed by atoms with Crippen molar-refractivity contribution < 1.29 is 74.4 Å². The van der Waals surface area contributed by atoms with Crippen molar-refractivity contribution >= 4 is 54.0 Å². The van der Waals surface area contributed by atoms with Crippen LogP contribution in [-0.4, -0.2) is 190 Å². The molecular weight excluding hydrogens is 985 g/mol. The summed E-state index contributed by atoms with van der Waals surface area (Å²) < 4.78 is 0. The fourth-order valence-corrected chi connectivity index (χ4v) is 10.1. The van der Waals surface area contributed by atoms with E-state index in [1.54, 1.807) is 0 Å². The molecule has 0 aliphatic carbocycles. The largest absolute Gasteiger partial charge is 0.508 e. The molecular formula is C50H82N8O15S. The molecule has 0 aromatic heterocycles. The Kier molecular flexibility index (Phi) is 24.7. The number of nitrogens with one attached hydrogen (secondary N) is 5. The topological polar surface area (TPSA) is 374 Å². The second kappa shape index (κ2) is 29.6. The van der Waals surface area contributed by atoms with E-state index in [2.05, 4.69) is 60.0 Å². The van der Waals surface area contributed by atoms with Crippen LogP contribution in [-0.2, 0) is 33.6 Å². The number of aromatic hydroxyl groups is 1. The fourth-order valence-electron chi connectivity index (χ4n) is 9.81. The molecule has 0 radical (unpaired) electrons. The van der Waals surface area contributed by atoms with E-state index < -0.39 is 145 Å². The lowest BCUT2D eigenvalue weighted by atomic mass is 9.91. The highest BCUT2D eigenvalue weighted by molar-refractivity contribution is 7.81. The highest BCUT2D eigenvalue weighted by Crippen LogP contribution is 2.27. The molecule has 3 aliphatic rings. The van der Waals surface area contributed by atoms with Crippen LogP contribution >= 0.6 is 12.6 Å². The van der Waals surface area contributed by atoms with Gasteiger partial charge in [0, 0.05) is 32.4 Å². The molecule has 24 heteroatoms. The van der Waals surface area contributed by atoms with Gasteiger partial charge < -0.3 is 83.0 Å². The maximum Gasteiger partial charge on any atom is 0.248 e. The third-order valence-corrected chi connectivity index (χ3v) is 14.8. The van der Waals surface area contributed by atoms with Crippen molar-refractivity contribution in [3.8, 4) is 5.75 Å². The first-order chi connectivity index (χ1) is 35.0. The van der Waals surface area contributed by atoms with Gasteiger partial charge in [-0.05, 0) is 68.7 Å². The molecule has 23 nitrogen and oxygen atoms in total. The van der Waals surface area contributed by atoms with E-state index in [-0.39, 0.29) is 43.7 Å². The summed E-state index contributed by atoms with van der Waals surface area (Å²) in [7, 11) is 0. The molecule has 7 amide bonds. The average Bonchev–Trinajstić information content (AvgIpc) is 3.95. The van der Waals surface area contributed by atoms with E-state index >= 15 is 0 Å². The van der Waals surface area contributed by atoms with Crippen LogP contribution in [0.4, 0.5) is 0 Å². The Morgan fingerprint density at radius 2 is 1.35 bits per heavy atom. The van der Waals surface area contributed by atoms with E-state index in [4.69, 9.17) is 5.73 Å². The monoisotopic (exact) mass is 1070 g/mol. The number of aliphatic hydroxyl groups excluding tert-OH is 7. The number of carbonyl (C=O) groups is 7. The van der Waals surface area contributed by atoms with Gasteiger partial charge >= 0.3 is 0 Å². The quantitative estimate of drug-likeness (QED) is 0.0500. The van der Waals surface area contributed by atoms with Gasteiger partial charge in [0.25, 0.3) is 0 Å². The third-order valence-electron chi connectivity index (χ3n) is 14.4. The highest BCUT2D eigenvalue weighted by Gasteiger charge is 2.48. The standard InChI is InChI=1S/C50H82N8O15S/c1-5-26(2)22-27(3)12-10-8-6-7-9-11-13-37(65)52-32-24-36(64)48(74)56-47(71)41-35(63)19-21-57(41)50(73)39(34(62)18-20-51)54-46(70)40(43(67)42(66)29-14-16-30(60)17-15-29)55-45(69)33-23-31(61)25-58(33)49(72)38(28(4)59)53-44(32)68/h14-17,26-28,31-36,38-43,48,59-64,66-67,74H,5-13,18-25,51H2,1-4H3,(H,52,65)(H,53,68)(H,54,70)(H,55,69)(H,56,71)/t26-,27+,28+,31+,32-,33-,34+,35-,36+,38-,39-,40-,41-,42-,43-,48+/m0/s1. The molecule has 0 spiro atoms. The molecule has 418 valence electrons. The van der Waals surface area contributed by atoms with E-state index in [0.717, 1.165) is 61.7 Å². The lowest BCUT2D eigenvalue weighted by molar-refractivity contribution is -0.148. The molecule has 0 saturated carbocycles. The average molecular weight is 1070 g/mol. The van der Waals surface area contributed by atoms with Gasteiger partial charge in [-0.1, -0.05) is 77.8 Å². The SMILES string of the molecule is CC[C@H](C)C[C@H](C)CCCCCCCCC(=O)N[C@H]1C[C@@H](O)[C@@H](S)NC(=O)[C@@H]2[C@@H](O)CCN2C(=O)[C@H]([C@H](O)CCN)NC(=O)[C@H]([C@H](O)[C@@H](O)c2ccc(O)cc2)NC(=O)[C@@H]2C[C@@H](O)CN2C(=O)[C@H]([C@@H](C)O)NC1=O. The number of amides is 7. The summed E-state index contributed by atoms with van der Waals surface area (Å²) in [5.74, 6) is -6.41. The molecule has 16 atom stereocenters. The van der Waals surface area contributed by atoms with Gasteiger partial charge in [-0.2, -0.15) is 12.6 Å². The number of hydrogen-bond donors (Lipinski definition) is 15. The number of carbonyl (C=O) groups excluding carboxylic acids is 7. The fraction of sp³-hybridized carbons (Fsp3) is 0.740. The molecule has 1 aromatic rings. The molecule has 0 unspecified atom stereocenters. The second-order valence-electron chi connectivity index (χ2n) is 20.5.